The van der Waals surface area contributed by atoms with Gasteiger partial charge in [-0.2, -0.15) is 4.73 Å². The molecule has 0 aromatic carbocycles. The first kappa shape index (κ1) is 16.3. The third-order valence-corrected chi connectivity index (χ3v) is 4.57. The average Bonchev–Trinajstić information content (AvgIpc) is 3.07. The zero-order valence-electron chi connectivity index (χ0n) is 14.4. The van der Waals surface area contributed by atoms with E-state index < -0.39 is 0 Å². The van der Waals surface area contributed by atoms with E-state index in [9.17, 15) is 10.0 Å². The summed E-state index contributed by atoms with van der Waals surface area (Å²) in [6.45, 7) is 1.92. The van der Waals surface area contributed by atoms with Gasteiger partial charge in [0.1, 0.15) is 5.69 Å². The van der Waals surface area contributed by atoms with E-state index in [-0.39, 0.29) is 5.91 Å². The number of H-pyrrole nitrogens is 1. The second-order valence-electron chi connectivity index (χ2n) is 6.44. The van der Waals surface area contributed by atoms with Gasteiger partial charge < -0.3 is 20.4 Å². The SMILES string of the molecule is CN1CC=C(c2c[nH]c3ccc(C(=O)Nc4cc[n+]([O-])cc4)nc23)CC1. The highest BCUT2D eigenvalue weighted by Gasteiger charge is 2.16. The summed E-state index contributed by atoms with van der Waals surface area (Å²) in [5, 5.41) is 13.8. The summed E-state index contributed by atoms with van der Waals surface area (Å²) in [6.07, 6.45) is 7.80. The lowest BCUT2D eigenvalue weighted by molar-refractivity contribution is -0.605. The van der Waals surface area contributed by atoms with Gasteiger partial charge in [0.15, 0.2) is 12.4 Å². The number of likely N-dealkylation sites (N-methyl/N-ethyl adjacent to an activating group) is 1. The molecule has 26 heavy (non-hydrogen) atoms. The van der Waals surface area contributed by atoms with Crippen molar-refractivity contribution >= 4 is 28.2 Å². The number of hydrogen-bond acceptors (Lipinski definition) is 4. The van der Waals surface area contributed by atoms with Crippen molar-refractivity contribution < 1.29 is 9.52 Å². The van der Waals surface area contributed by atoms with Gasteiger partial charge in [-0.15, -0.1) is 0 Å². The van der Waals surface area contributed by atoms with Crippen molar-refractivity contribution in [3.63, 3.8) is 0 Å². The number of nitrogens with zero attached hydrogens (tertiary/aromatic N) is 3. The van der Waals surface area contributed by atoms with Gasteiger partial charge in [-0.25, -0.2) is 4.98 Å². The second kappa shape index (κ2) is 6.61. The normalized spacial score (nSPS) is 15.0. The lowest BCUT2D eigenvalue weighted by atomic mass is 10.0. The number of aromatic nitrogens is 3. The number of carbonyl (C=O) groups is 1. The van der Waals surface area contributed by atoms with Crippen molar-refractivity contribution in [2.45, 2.75) is 6.42 Å². The van der Waals surface area contributed by atoms with E-state index in [1.807, 2.05) is 12.3 Å². The molecule has 0 fully saturated rings. The van der Waals surface area contributed by atoms with Crippen LogP contribution >= 0.6 is 0 Å². The molecule has 7 nitrogen and oxygen atoms in total. The van der Waals surface area contributed by atoms with E-state index in [1.165, 1.54) is 18.0 Å². The number of rotatable bonds is 3. The van der Waals surface area contributed by atoms with Crippen LogP contribution in [0.1, 0.15) is 22.5 Å². The summed E-state index contributed by atoms with van der Waals surface area (Å²) >= 11 is 0. The average molecular weight is 349 g/mol. The van der Waals surface area contributed by atoms with Gasteiger partial charge in [-0.05, 0) is 31.2 Å². The van der Waals surface area contributed by atoms with Gasteiger partial charge in [0.25, 0.3) is 5.91 Å². The third-order valence-electron chi connectivity index (χ3n) is 4.57. The Morgan fingerprint density at radius 2 is 2.12 bits per heavy atom. The Morgan fingerprint density at radius 1 is 1.31 bits per heavy atom. The van der Waals surface area contributed by atoms with Crippen LogP contribution < -0.4 is 10.0 Å². The summed E-state index contributed by atoms with van der Waals surface area (Å²) in [7, 11) is 2.10. The predicted molar refractivity (Wildman–Crippen MR) is 99.5 cm³/mol. The lowest BCUT2D eigenvalue weighted by Crippen LogP contribution is -2.24. The molecule has 4 rings (SSSR count). The fraction of sp³-hybridized carbons (Fsp3) is 0.211. The van der Waals surface area contributed by atoms with E-state index in [0.717, 1.165) is 36.1 Å². The number of fused-ring (bicyclic) bond motifs is 1. The van der Waals surface area contributed by atoms with Crippen LogP contribution in [-0.4, -0.2) is 40.9 Å². The molecule has 0 spiro atoms. The molecule has 0 radical (unpaired) electrons. The maximum atomic E-state index is 12.5. The number of anilines is 1. The lowest BCUT2D eigenvalue weighted by Gasteiger charge is -2.21. The van der Waals surface area contributed by atoms with Crippen LogP contribution in [0.2, 0.25) is 0 Å². The van der Waals surface area contributed by atoms with Crippen LogP contribution in [0.3, 0.4) is 0 Å². The monoisotopic (exact) mass is 349 g/mol. The van der Waals surface area contributed by atoms with Crippen LogP contribution in [-0.2, 0) is 0 Å². The summed E-state index contributed by atoms with van der Waals surface area (Å²) in [6, 6.07) is 6.66. The molecular formula is C19H19N5O2. The minimum atomic E-state index is -0.306. The summed E-state index contributed by atoms with van der Waals surface area (Å²) in [5.41, 5.74) is 4.90. The van der Waals surface area contributed by atoms with Crippen molar-refractivity contribution in [1.29, 1.82) is 0 Å². The molecule has 0 bridgehead atoms. The van der Waals surface area contributed by atoms with Crippen molar-refractivity contribution in [3.8, 4) is 0 Å². The molecule has 3 aromatic rings. The van der Waals surface area contributed by atoms with Gasteiger partial charge in [-0.3, -0.25) is 4.79 Å². The van der Waals surface area contributed by atoms with Crippen LogP contribution in [0.4, 0.5) is 5.69 Å². The van der Waals surface area contributed by atoms with Crippen molar-refractivity contribution in [2.75, 3.05) is 25.5 Å². The smallest absolute Gasteiger partial charge is 0.274 e. The van der Waals surface area contributed by atoms with E-state index in [0.29, 0.717) is 16.1 Å². The maximum Gasteiger partial charge on any atom is 0.274 e. The maximum absolute atomic E-state index is 12.5. The first-order valence-electron chi connectivity index (χ1n) is 8.46. The summed E-state index contributed by atoms with van der Waals surface area (Å²) in [4.78, 5) is 22.6. The van der Waals surface area contributed by atoms with Gasteiger partial charge in [0.2, 0.25) is 0 Å². The van der Waals surface area contributed by atoms with Crippen LogP contribution in [0.5, 0.6) is 0 Å². The zero-order chi connectivity index (χ0) is 18.1. The molecule has 3 aromatic heterocycles. The largest absolute Gasteiger partial charge is 0.619 e. The van der Waals surface area contributed by atoms with Crippen molar-refractivity contribution in [2.24, 2.45) is 0 Å². The molecule has 2 N–H and O–H groups in total. The molecule has 0 aliphatic carbocycles. The zero-order valence-corrected chi connectivity index (χ0v) is 14.4. The van der Waals surface area contributed by atoms with Gasteiger partial charge in [0.05, 0.1) is 16.7 Å². The molecule has 0 saturated heterocycles. The molecule has 4 heterocycles. The first-order valence-corrected chi connectivity index (χ1v) is 8.46. The molecular weight excluding hydrogens is 330 g/mol. The highest BCUT2D eigenvalue weighted by molar-refractivity contribution is 6.04. The topological polar surface area (TPSA) is 88.0 Å². The number of amides is 1. The Bertz CT molecular complexity index is 991. The van der Waals surface area contributed by atoms with Gasteiger partial charge in [-0.1, -0.05) is 6.08 Å². The number of aromatic amines is 1. The number of carbonyl (C=O) groups excluding carboxylic acids is 1. The van der Waals surface area contributed by atoms with Crippen LogP contribution in [0.25, 0.3) is 16.6 Å². The van der Waals surface area contributed by atoms with E-state index >= 15 is 0 Å². The molecule has 0 atom stereocenters. The van der Waals surface area contributed by atoms with E-state index in [1.54, 1.807) is 18.2 Å². The minimum absolute atomic E-state index is 0.306. The molecule has 0 saturated carbocycles. The minimum Gasteiger partial charge on any atom is -0.619 e. The Hall–Kier alpha value is -3.19. The highest BCUT2D eigenvalue weighted by Crippen LogP contribution is 2.28. The molecule has 1 amide bonds. The number of pyridine rings is 2. The molecule has 1 aliphatic heterocycles. The number of hydrogen-bond donors (Lipinski definition) is 2. The molecule has 0 unspecified atom stereocenters. The Kier molecular flexibility index (Phi) is 4.14. The predicted octanol–water partition coefficient (Wildman–Crippen LogP) is 2.17. The Balaban J connectivity index is 1.63. The van der Waals surface area contributed by atoms with E-state index in [4.69, 9.17) is 0 Å². The Morgan fingerprint density at radius 3 is 2.85 bits per heavy atom. The third kappa shape index (κ3) is 3.16. The molecule has 7 heteroatoms. The standard InChI is InChI=1S/C19H19N5O2/c1-23-8-4-13(5-9-23)15-12-20-16-2-3-17(22-18(15)16)19(25)21-14-6-10-24(26)11-7-14/h2-4,6-7,10-12,20H,5,8-9H2,1H3,(H,21,25). The van der Waals surface area contributed by atoms with Crippen LogP contribution in [0.15, 0.2) is 48.9 Å². The molecule has 132 valence electrons. The Labute approximate surface area is 150 Å². The number of nitrogens with one attached hydrogen (secondary N) is 2. The summed E-state index contributed by atoms with van der Waals surface area (Å²) < 4.78 is 0.668. The summed E-state index contributed by atoms with van der Waals surface area (Å²) in [5.74, 6) is -0.306. The van der Waals surface area contributed by atoms with Gasteiger partial charge in [0, 0.05) is 37.0 Å². The van der Waals surface area contributed by atoms with Crippen molar-refractivity contribution in [3.05, 3.63) is 65.4 Å². The second-order valence-corrected chi connectivity index (χ2v) is 6.44. The fourth-order valence-corrected chi connectivity index (χ4v) is 3.08. The quantitative estimate of drug-likeness (QED) is 0.560. The molecule has 1 aliphatic rings. The van der Waals surface area contributed by atoms with Gasteiger partial charge >= 0.3 is 0 Å². The first-order chi connectivity index (χ1) is 12.6. The highest BCUT2D eigenvalue weighted by atomic mass is 16.5. The van der Waals surface area contributed by atoms with Crippen molar-refractivity contribution in [1.82, 2.24) is 14.9 Å². The fourth-order valence-electron chi connectivity index (χ4n) is 3.08. The van der Waals surface area contributed by atoms with E-state index in [2.05, 4.69) is 33.3 Å². The van der Waals surface area contributed by atoms with Crippen LogP contribution in [0, 0.1) is 5.21 Å².